The summed E-state index contributed by atoms with van der Waals surface area (Å²) in [6, 6.07) is 10.1. The molecule has 0 spiro atoms. The van der Waals surface area contributed by atoms with Crippen LogP contribution in [0.2, 0.25) is 0 Å². The molecule has 0 amide bonds. The molecule has 2 rings (SSSR count). The maximum absolute atomic E-state index is 14.0. The summed E-state index contributed by atoms with van der Waals surface area (Å²) in [5.41, 5.74) is 0.0729. The van der Waals surface area contributed by atoms with E-state index in [4.69, 9.17) is 0 Å². The van der Waals surface area contributed by atoms with Crippen LogP contribution in [0.5, 0.6) is 5.75 Å². The van der Waals surface area contributed by atoms with Crippen molar-refractivity contribution in [2.24, 2.45) is 5.41 Å². The molecule has 0 aliphatic heterocycles. The highest BCUT2D eigenvalue weighted by Gasteiger charge is 2.36. The van der Waals surface area contributed by atoms with Gasteiger partial charge in [-0.2, -0.15) is 0 Å². The molecule has 4 nitrogen and oxygen atoms in total. The van der Waals surface area contributed by atoms with Crippen LogP contribution in [0.15, 0.2) is 47.4 Å². The van der Waals surface area contributed by atoms with Crippen molar-refractivity contribution in [2.75, 3.05) is 5.75 Å². The van der Waals surface area contributed by atoms with E-state index in [0.717, 1.165) is 38.0 Å². The molecule has 164 valence electrons. The molecule has 0 aliphatic carbocycles. The van der Waals surface area contributed by atoms with Gasteiger partial charge in [0.05, 0.1) is 10.6 Å². The van der Waals surface area contributed by atoms with Gasteiger partial charge in [-0.25, -0.2) is 12.8 Å². The molecule has 6 heteroatoms. The molecular formula is C24H31FO4S. The molecule has 2 aromatic carbocycles. The average Bonchev–Trinajstić information content (AvgIpc) is 2.70. The summed E-state index contributed by atoms with van der Waals surface area (Å²) >= 11 is 0. The Morgan fingerprint density at radius 2 is 1.70 bits per heavy atom. The van der Waals surface area contributed by atoms with Gasteiger partial charge in [0, 0.05) is 5.41 Å². The van der Waals surface area contributed by atoms with E-state index in [1.807, 2.05) is 13.8 Å². The largest absolute Gasteiger partial charge is 0.508 e. The van der Waals surface area contributed by atoms with Gasteiger partial charge in [-0.3, -0.25) is 0 Å². The summed E-state index contributed by atoms with van der Waals surface area (Å²) in [6.45, 7) is 4.02. The highest BCUT2D eigenvalue weighted by molar-refractivity contribution is 7.91. The summed E-state index contributed by atoms with van der Waals surface area (Å²) in [7, 11) is -3.83. The smallest absolute Gasteiger partial charge is 0.179 e. The van der Waals surface area contributed by atoms with Gasteiger partial charge in [0.25, 0.3) is 0 Å². The topological polar surface area (TPSA) is 71.4 Å². The van der Waals surface area contributed by atoms with Crippen molar-refractivity contribution in [3.05, 3.63) is 59.4 Å². The molecule has 0 atom stereocenters. The van der Waals surface area contributed by atoms with Gasteiger partial charge in [-0.15, -0.1) is 0 Å². The van der Waals surface area contributed by atoms with Gasteiger partial charge in [0.15, 0.2) is 9.84 Å². The zero-order valence-electron chi connectivity index (χ0n) is 17.7. The normalized spacial score (nSPS) is 12.1. The molecule has 0 fully saturated rings. The fourth-order valence-corrected chi connectivity index (χ4v) is 5.89. The number of unbranched alkanes of at least 4 members (excludes halogenated alkanes) is 2. The number of halogens is 1. The van der Waals surface area contributed by atoms with Crippen LogP contribution < -0.4 is 0 Å². The third-order valence-electron chi connectivity index (χ3n) is 5.45. The molecule has 0 radical (unpaired) electrons. The lowest BCUT2D eigenvalue weighted by molar-refractivity contribution is -0.116. The molecule has 0 aliphatic rings. The Morgan fingerprint density at radius 3 is 2.27 bits per heavy atom. The second-order valence-electron chi connectivity index (χ2n) is 8.05. The number of rotatable bonds is 12. The van der Waals surface area contributed by atoms with E-state index in [9.17, 15) is 22.7 Å². The molecular weight excluding hydrogens is 403 g/mol. The van der Waals surface area contributed by atoms with E-state index in [0.29, 0.717) is 24.0 Å². The number of hydrogen-bond acceptors (Lipinski definition) is 4. The number of hydrogen-bond donors (Lipinski definition) is 1. The number of carbonyl (C=O) groups excluding carboxylic acids is 1. The number of phenols is 1. The van der Waals surface area contributed by atoms with Gasteiger partial charge in [0.2, 0.25) is 0 Å². The molecule has 0 heterocycles. The molecule has 2 aromatic rings. The maximum atomic E-state index is 14.0. The third-order valence-corrected chi connectivity index (χ3v) is 7.47. The van der Waals surface area contributed by atoms with Crippen molar-refractivity contribution in [1.82, 2.24) is 0 Å². The molecule has 0 bridgehead atoms. The van der Waals surface area contributed by atoms with E-state index in [1.54, 1.807) is 12.1 Å². The first-order valence-electron chi connectivity index (χ1n) is 10.5. The Hall–Kier alpha value is -2.21. The Balaban J connectivity index is 2.43. The molecule has 0 aromatic heterocycles. The number of phenolic OH excluding ortho intramolecular Hbond substituents is 1. The number of aldehydes is 1. The highest BCUT2D eigenvalue weighted by atomic mass is 32.2. The van der Waals surface area contributed by atoms with Crippen LogP contribution in [0.25, 0.3) is 0 Å². The number of benzene rings is 2. The minimum Gasteiger partial charge on any atom is -0.508 e. The zero-order valence-corrected chi connectivity index (χ0v) is 18.6. The van der Waals surface area contributed by atoms with E-state index in [2.05, 4.69) is 0 Å². The SMILES string of the molecule is CCCCC(C=O)(CCCC)CS(=O)(=O)c1ccc(F)cc1Cc1cccc(O)c1. The van der Waals surface area contributed by atoms with Crippen LogP contribution in [-0.4, -0.2) is 25.6 Å². The first kappa shape index (κ1) is 24.1. The lowest BCUT2D eigenvalue weighted by atomic mass is 9.81. The van der Waals surface area contributed by atoms with Gasteiger partial charge >= 0.3 is 0 Å². The van der Waals surface area contributed by atoms with Crippen molar-refractivity contribution in [3.63, 3.8) is 0 Å². The van der Waals surface area contributed by atoms with Crippen LogP contribution in [0.4, 0.5) is 4.39 Å². The fraction of sp³-hybridized carbons (Fsp3) is 0.458. The van der Waals surface area contributed by atoms with E-state index in [-0.39, 0.29) is 22.8 Å². The van der Waals surface area contributed by atoms with Gasteiger partial charge < -0.3 is 9.90 Å². The summed E-state index contributed by atoms with van der Waals surface area (Å²) in [5, 5.41) is 9.69. The Bertz CT molecular complexity index is 945. The number of carbonyl (C=O) groups is 1. The van der Waals surface area contributed by atoms with Crippen molar-refractivity contribution >= 4 is 16.1 Å². The lowest BCUT2D eigenvalue weighted by Gasteiger charge is -2.28. The Labute approximate surface area is 179 Å². The second-order valence-corrected chi connectivity index (χ2v) is 10.0. The Morgan fingerprint density at radius 1 is 1.03 bits per heavy atom. The summed E-state index contributed by atoms with van der Waals surface area (Å²) < 4.78 is 40.7. The van der Waals surface area contributed by atoms with Gasteiger partial charge in [-0.05, 0) is 60.7 Å². The molecule has 0 saturated carbocycles. The van der Waals surface area contributed by atoms with E-state index in [1.165, 1.54) is 24.3 Å². The number of aromatic hydroxyl groups is 1. The second kappa shape index (κ2) is 10.7. The monoisotopic (exact) mass is 434 g/mol. The molecule has 0 unspecified atom stereocenters. The zero-order chi connectivity index (χ0) is 22.2. The first-order chi connectivity index (χ1) is 14.2. The fourth-order valence-electron chi connectivity index (χ4n) is 3.81. The minimum absolute atomic E-state index is 0.0477. The predicted octanol–water partition coefficient (Wildman–Crippen LogP) is 5.46. The quantitative estimate of drug-likeness (QED) is 0.356. The van der Waals surface area contributed by atoms with E-state index >= 15 is 0 Å². The third kappa shape index (κ3) is 6.39. The standard InChI is InChI=1S/C24H31FO4S/c1-3-5-12-24(17-26,13-6-4-2)18-30(28,29)23-11-10-21(25)16-20(23)14-19-8-7-9-22(27)15-19/h7-11,15-17,27H,3-6,12-14,18H2,1-2H3. The summed E-state index contributed by atoms with van der Waals surface area (Å²) in [5.74, 6) is -0.738. The summed E-state index contributed by atoms with van der Waals surface area (Å²) in [4.78, 5) is 12.1. The van der Waals surface area contributed by atoms with Crippen LogP contribution in [-0.2, 0) is 21.1 Å². The highest BCUT2D eigenvalue weighted by Crippen LogP contribution is 2.34. The minimum atomic E-state index is -3.83. The first-order valence-corrected chi connectivity index (χ1v) is 12.2. The van der Waals surface area contributed by atoms with E-state index < -0.39 is 21.1 Å². The van der Waals surface area contributed by atoms with Crippen molar-refractivity contribution < 1.29 is 22.7 Å². The van der Waals surface area contributed by atoms with Gasteiger partial charge in [0.1, 0.15) is 17.9 Å². The van der Waals surface area contributed by atoms with Crippen molar-refractivity contribution in [3.8, 4) is 5.75 Å². The van der Waals surface area contributed by atoms with Gasteiger partial charge in [-0.1, -0.05) is 51.7 Å². The van der Waals surface area contributed by atoms with Crippen LogP contribution in [0.1, 0.15) is 63.5 Å². The number of sulfone groups is 1. The molecule has 0 saturated heterocycles. The molecule has 1 N–H and O–H groups in total. The van der Waals surface area contributed by atoms with Crippen molar-refractivity contribution in [2.45, 2.75) is 63.7 Å². The summed E-state index contributed by atoms with van der Waals surface area (Å²) in [6.07, 6.45) is 5.33. The van der Waals surface area contributed by atoms with Crippen LogP contribution >= 0.6 is 0 Å². The maximum Gasteiger partial charge on any atom is 0.179 e. The van der Waals surface area contributed by atoms with Crippen LogP contribution in [0, 0.1) is 11.2 Å². The van der Waals surface area contributed by atoms with Crippen LogP contribution in [0.3, 0.4) is 0 Å². The van der Waals surface area contributed by atoms with Crippen molar-refractivity contribution in [1.29, 1.82) is 0 Å². The lowest BCUT2D eigenvalue weighted by Crippen LogP contribution is -2.32. The Kier molecular flexibility index (Phi) is 8.59. The predicted molar refractivity (Wildman–Crippen MR) is 117 cm³/mol. The molecule has 30 heavy (non-hydrogen) atoms. The average molecular weight is 435 g/mol.